The van der Waals surface area contributed by atoms with Gasteiger partial charge in [0.25, 0.3) is 0 Å². The Hall–Kier alpha value is -1.60. The Morgan fingerprint density at radius 1 is 1.39 bits per heavy atom. The van der Waals surface area contributed by atoms with Crippen molar-refractivity contribution in [3.63, 3.8) is 0 Å². The molecule has 2 aliphatic rings. The van der Waals surface area contributed by atoms with Crippen molar-refractivity contribution in [1.29, 1.82) is 0 Å². The van der Waals surface area contributed by atoms with Crippen LogP contribution in [0.25, 0.3) is 0 Å². The Bertz CT molecular complexity index is 513. The van der Waals surface area contributed by atoms with Crippen molar-refractivity contribution >= 4 is 6.03 Å². The Labute approximate surface area is 136 Å². The molecule has 7 nitrogen and oxygen atoms in total. The number of urea groups is 1. The Balaban J connectivity index is 1.44. The van der Waals surface area contributed by atoms with Crippen molar-refractivity contribution in [2.45, 2.75) is 26.3 Å². The van der Waals surface area contributed by atoms with Crippen molar-refractivity contribution in [1.82, 2.24) is 20.3 Å². The predicted molar refractivity (Wildman–Crippen MR) is 85.0 cm³/mol. The van der Waals surface area contributed by atoms with E-state index < -0.39 is 0 Å². The number of ether oxygens (including phenoxy) is 1. The summed E-state index contributed by atoms with van der Waals surface area (Å²) < 4.78 is 10.5. The van der Waals surface area contributed by atoms with Crippen molar-refractivity contribution in [2.24, 2.45) is 5.92 Å². The number of hydrogen-bond acceptors (Lipinski definition) is 5. The molecule has 1 unspecified atom stereocenters. The summed E-state index contributed by atoms with van der Waals surface area (Å²) in [5.74, 6) is 1.25. The van der Waals surface area contributed by atoms with E-state index in [-0.39, 0.29) is 6.03 Å². The van der Waals surface area contributed by atoms with E-state index in [2.05, 4.69) is 15.4 Å². The molecule has 0 saturated carbocycles. The first-order valence-corrected chi connectivity index (χ1v) is 8.46. The average Bonchev–Trinajstić information content (AvgIpc) is 2.99. The van der Waals surface area contributed by atoms with E-state index in [4.69, 9.17) is 9.26 Å². The summed E-state index contributed by atoms with van der Waals surface area (Å²) in [6, 6.07) is 1.84. The first kappa shape index (κ1) is 16.3. The number of nitrogens with zero attached hydrogens (tertiary/aromatic N) is 3. The highest BCUT2D eigenvalue weighted by Crippen LogP contribution is 2.18. The van der Waals surface area contributed by atoms with Gasteiger partial charge in [-0.2, -0.15) is 0 Å². The molecular formula is C16H26N4O3. The number of carbonyl (C=O) groups is 1. The first-order valence-electron chi connectivity index (χ1n) is 8.46. The molecule has 0 bridgehead atoms. The van der Waals surface area contributed by atoms with E-state index >= 15 is 0 Å². The van der Waals surface area contributed by atoms with Crippen LogP contribution in [0, 0.1) is 12.8 Å². The number of nitrogens with one attached hydrogen (secondary N) is 1. The largest absolute Gasteiger partial charge is 0.379 e. The van der Waals surface area contributed by atoms with Gasteiger partial charge in [-0.1, -0.05) is 5.16 Å². The summed E-state index contributed by atoms with van der Waals surface area (Å²) in [5, 5.41) is 6.75. The quantitative estimate of drug-likeness (QED) is 0.903. The summed E-state index contributed by atoms with van der Waals surface area (Å²) in [6.45, 7) is 8.66. The number of amides is 2. The second kappa shape index (κ2) is 7.79. The molecule has 7 heteroatoms. The average molecular weight is 322 g/mol. The van der Waals surface area contributed by atoms with E-state index in [0.717, 1.165) is 58.1 Å². The second-order valence-electron chi connectivity index (χ2n) is 6.46. The molecule has 0 spiro atoms. The fourth-order valence-electron chi connectivity index (χ4n) is 3.32. The molecule has 1 atom stereocenters. The van der Waals surface area contributed by atoms with E-state index in [0.29, 0.717) is 18.2 Å². The molecular weight excluding hydrogens is 296 g/mol. The van der Waals surface area contributed by atoms with Gasteiger partial charge < -0.3 is 19.5 Å². The van der Waals surface area contributed by atoms with Crippen molar-refractivity contribution < 1.29 is 14.1 Å². The van der Waals surface area contributed by atoms with Crippen LogP contribution in [0.4, 0.5) is 4.79 Å². The van der Waals surface area contributed by atoms with Gasteiger partial charge in [0.2, 0.25) is 0 Å². The van der Waals surface area contributed by atoms with Crippen molar-refractivity contribution in [3.8, 4) is 0 Å². The third-order valence-electron chi connectivity index (χ3n) is 4.52. The molecule has 1 N–H and O–H groups in total. The molecule has 1 aromatic heterocycles. The van der Waals surface area contributed by atoms with Crippen LogP contribution in [0.2, 0.25) is 0 Å². The molecule has 0 radical (unpaired) electrons. The summed E-state index contributed by atoms with van der Waals surface area (Å²) in [6.07, 6.45) is 2.27. The monoisotopic (exact) mass is 322 g/mol. The Kier molecular flexibility index (Phi) is 5.51. The Morgan fingerprint density at radius 3 is 2.96 bits per heavy atom. The van der Waals surface area contributed by atoms with Gasteiger partial charge in [-0.25, -0.2) is 4.79 Å². The number of hydrogen-bond donors (Lipinski definition) is 1. The fourth-order valence-corrected chi connectivity index (χ4v) is 3.32. The molecule has 2 aliphatic heterocycles. The van der Waals surface area contributed by atoms with Crippen LogP contribution in [0.1, 0.15) is 24.3 Å². The summed E-state index contributed by atoms with van der Waals surface area (Å²) in [4.78, 5) is 16.7. The second-order valence-corrected chi connectivity index (χ2v) is 6.46. The van der Waals surface area contributed by atoms with Gasteiger partial charge in [0.15, 0.2) is 5.76 Å². The normalized spacial score (nSPS) is 23.0. The zero-order valence-corrected chi connectivity index (χ0v) is 13.8. The van der Waals surface area contributed by atoms with Crippen LogP contribution in [-0.2, 0) is 11.3 Å². The van der Waals surface area contributed by atoms with Crippen LogP contribution >= 0.6 is 0 Å². The SMILES string of the molecule is Cc1cc(CNC(=O)N2CCCC(CN3CCOCC3)C2)on1. The van der Waals surface area contributed by atoms with Gasteiger partial charge in [0.1, 0.15) is 0 Å². The zero-order chi connectivity index (χ0) is 16.1. The smallest absolute Gasteiger partial charge is 0.317 e. The highest BCUT2D eigenvalue weighted by Gasteiger charge is 2.25. The van der Waals surface area contributed by atoms with Gasteiger partial charge in [-0.15, -0.1) is 0 Å². The maximum atomic E-state index is 12.3. The molecule has 128 valence electrons. The van der Waals surface area contributed by atoms with Gasteiger partial charge in [0.05, 0.1) is 25.5 Å². The third kappa shape index (κ3) is 4.68. The number of piperidine rings is 1. The van der Waals surface area contributed by atoms with E-state index in [1.807, 2.05) is 17.9 Å². The lowest BCUT2D eigenvalue weighted by atomic mass is 9.97. The number of carbonyl (C=O) groups excluding carboxylic acids is 1. The Morgan fingerprint density at radius 2 is 2.22 bits per heavy atom. The number of morpholine rings is 1. The molecule has 3 heterocycles. The highest BCUT2D eigenvalue weighted by molar-refractivity contribution is 5.74. The minimum Gasteiger partial charge on any atom is -0.379 e. The van der Waals surface area contributed by atoms with Gasteiger partial charge in [-0.05, 0) is 25.7 Å². The predicted octanol–water partition coefficient (Wildman–Crippen LogP) is 1.24. The molecule has 0 aliphatic carbocycles. The molecule has 23 heavy (non-hydrogen) atoms. The summed E-state index contributed by atoms with van der Waals surface area (Å²) >= 11 is 0. The maximum absolute atomic E-state index is 12.3. The lowest BCUT2D eigenvalue weighted by molar-refractivity contribution is 0.0249. The summed E-state index contributed by atoms with van der Waals surface area (Å²) in [7, 11) is 0. The van der Waals surface area contributed by atoms with Gasteiger partial charge in [-0.3, -0.25) is 4.90 Å². The summed E-state index contributed by atoms with van der Waals surface area (Å²) in [5.41, 5.74) is 0.831. The first-order chi connectivity index (χ1) is 11.2. The van der Waals surface area contributed by atoms with Crippen molar-refractivity contribution in [2.75, 3.05) is 45.9 Å². The fraction of sp³-hybridized carbons (Fsp3) is 0.750. The molecule has 0 aromatic carbocycles. The number of likely N-dealkylation sites (tertiary alicyclic amines) is 1. The molecule has 3 rings (SSSR count). The topological polar surface area (TPSA) is 70.8 Å². The van der Waals surface area contributed by atoms with Gasteiger partial charge >= 0.3 is 6.03 Å². The number of rotatable bonds is 4. The molecule has 2 amide bonds. The zero-order valence-electron chi connectivity index (χ0n) is 13.8. The lowest BCUT2D eigenvalue weighted by Gasteiger charge is -2.36. The van der Waals surface area contributed by atoms with E-state index in [1.54, 1.807) is 0 Å². The molecule has 2 saturated heterocycles. The minimum atomic E-state index is -0.00858. The number of aryl methyl sites for hydroxylation is 1. The molecule has 2 fully saturated rings. The van der Waals surface area contributed by atoms with Crippen LogP contribution in [0.5, 0.6) is 0 Å². The lowest BCUT2D eigenvalue weighted by Crippen LogP contribution is -2.48. The van der Waals surface area contributed by atoms with Crippen molar-refractivity contribution in [3.05, 3.63) is 17.5 Å². The van der Waals surface area contributed by atoms with E-state index in [9.17, 15) is 4.79 Å². The van der Waals surface area contributed by atoms with Crippen LogP contribution in [-0.4, -0.2) is 66.9 Å². The van der Waals surface area contributed by atoms with Gasteiger partial charge in [0, 0.05) is 38.8 Å². The van der Waals surface area contributed by atoms with Crippen LogP contribution < -0.4 is 5.32 Å². The van der Waals surface area contributed by atoms with Crippen LogP contribution in [0.3, 0.4) is 0 Å². The third-order valence-corrected chi connectivity index (χ3v) is 4.52. The minimum absolute atomic E-state index is 0.00858. The number of aromatic nitrogens is 1. The molecule has 1 aromatic rings. The van der Waals surface area contributed by atoms with E-state index in [1.165, 1.54) is 6.42 Å². The van der Waals surface area contributed by atoms with Crippen LogP contribution in [0.15, 0.2) is 10.6 Å². The highest BCUT2D eigenvalue weighted by atomic mass is 16.5. The standard InChI is InChI=1S/C16H26N4O3/c1-13-9-15(23-18-13)10-17-16(21)20-4-2-3-14(12-20)11-19-5-7-22-8-6-19/h9,14H,2-8,10-12H2,1H3,(H,17,21). The maximum Gasteiger partial charge on any atom is 0.317 e.